The summed E-state index contributed by atoms with van der Waals surface area (Å²) in [6, 6.07) is 2.65. The van der Waals surface area contributed by atoms with E-state index in [1.165, 1.54) is 12.1 Å². The van der Waals surface area contributed by atoms with E-state index in [9.17, 15) is 22.4 Å². The highest BCUT2D eigenvalue weighted by molar-refractivity contribution is 5.76. The minimum absolute atomic E-state index is 0.0940. The van der Waals surface area contributed by atoms with E-state index < -0.39 is 18.4 Å². The number of benzene rings is 1. The van der Waals surface area contributed by atoms with Crippen molar-refractivity contribution in [3.8, 4) is 0 Å². The maximum Gasteiger partial charge on any atom is 0.490 e. The van der Waals surface area contributed by atoms with E-state index in [1.807, 2.05) is 0 Å². The van der Waals surface area contributed by atoms with E-state index in [-0.39, 0.29) is 11.7 Å². The molecule has 0 radical (unpaired) electrons. The first-order chi connectivity index (χ1) is 10.4. The summed E-state index contributed by atoms with van der Waals surface area (Å²) in [6.07, 6.45) is -3.27. The van der Waals surface area contributed by atoms with Crippen LogP contribution in [-0.2, 0) is 16.0 Å². The highest BCUT2D eigenvalue weighted by Crippen LogP contribution is 2.41. The van der Waals surface area contributed by atoms with Gasteiger partial charge in [0.1, 0.15) is 5.82 Å². The summed E-state index contributed by atoms with van der Waals surface area (Å²) in [4.78, 5) is 11.1. The van der Waals surface area contributed by atoms with Gasteiger partial charge in [-0.1, -0.05) is 6.07 Å². The molecule has 1 N–H and O–H groups in total. The molecule has 1 heterocycles. The molecule has 2 aliphatic rings. The number of alkyl halides is 3. The Balaban J connectivity index is 1.99. The van der Waals surface area contributed by atoms with E-state index >= 15 is 0 Å². The van der Waals surface area contributed by atoms with Gasteiger partial charge in [0, 0.05) is 5.56 Å². The Labute approximate surface area is 124 Å². The fourth-order valence-electron chi connectivity index (χ4n) is 3.36. The Morgan fingerprint density at radius 2 is 2.05 bits per heavy atom. The molecule has 0 aromatic heterocycles. The third-order valence-corrected chi connectivity index (χ3v) is 4.28. The molecule has 1 aliphatic heterocycles. The fraction of sp³-hybridized carbons (Fsp3) is 0.533. The average Bonchev–Trinajstić information content (AvgIpc) is 2.63. The van der Waals surface area contributed by atoms with E-state index in [1.54, 1.807) is 0 Å². The summed E-state index contributed by atoms with van der Waals surface area (Å²) < 4.78 is 55.8. The second kappa shape index (κ2) is 5.53. The van der Waals surface area contributed by atoms with Crippen LogP contribution in [0.1, 0.15) is 48.1 Å². The third kappa shape index (κ3) is 2.69. The first kappa shape index (κ1) is 15.3. The lowest BCUT2D eigenvalue weighted by molar-refractivity contribution is -0.206. The van der Waals surface area contributed by atoms with Gasteiger partial charge in [-0.15, -0.1) is 0 Å². The molecular formula is C15H15F4NO2. The monoisotopic (exact) mass is 317 g/mol. The normalized spacial score (nSPS) is 24.4. The van der Waals surface area contributed by atoms with Crippen LogP contribution in [0.25, 0.3) is 0 Å². The molecule has 0 saturated heterocycles. The first-order valence-corrected chi connectivity index (χ1v) is 7.20. The van der Waals surface area contributed by atoms with Gasteiger partial charge in [-0.2, -0.15) is 13.2 Å². The number of hydrogen-bond donors (Lipinski definition) is 1. The van der Waals surface area contributed by atoms with Crippen molar-refractivity contribution >= 4 is 5.97 Å². The number of ether oxygens (including phenoxy) is 1. The molecule has 3 rings (SSSR count). The largest absolute Gasteiger partial charge is 0.490 e. The smallest absolute Gasteiger partial charge is 0.436 e. The SMILES string of the molecule is O=C(OC1NCCC2CCCc3c(F)ccc1c32)C(F)(F)F. The van der Waals surface area contributed by atoms with Crippen LogP contribution >= 0.6 is 0 Å². The Kier molecular flexibility index (Phi) is 3.84. The highest BCUT2D eigenvalue weighted by Gasteiger charge is 2.43. The van der Waals surface area contributed by atoms with E-state index in [0.29, 0.717) is 30.5 Å². The number of hydrogen-bond acceptors (Lipinski definition) is 3. The Bertz CT molecular complexity index is 600. The van der Waals surface area contributed by atoms with Gasteiger partial charge >= 0.3 is 12.1 Å². The van der Waals surface area contributed by atoms with Crippen LogP contribution in [0.15, 0.2) is 12.1 Å². The molecule has 120 valence electrons. The van der Waals surface area contributed by atoms with Gasteiger partial charge in [-0.25, -0.2) is 9.18 Å². The minimum Gasteiger partial charge on any atom is -0.436 e. The maximum atomic E-state index is 14.0. The zero-order valence-corrected chi connectivity index (χ0v) is 11.7. The van der Waals surface area contributed by atoms with Crippen LogP contribution in [0.5, 0.6) is 0 Å². The molecule has 0 bridgehead atoms. The van der Waals surface area contributed by atoms with Crippen LogP contribution in [0.2, 0.25) is 0 Å². The van der Waals surface area contributed by atoms with Gasteiger partial charge in [-0.3, -0.25) is 5.32 Å². The third-order valence-electron chi connectivity index (χ3n) is 4.28. The fourth-order valence-corrected chi connectivity index (χ4v) is 3.36. The van der Waals surface area contributed by atoms with E-state index in [4.69, 9.17) is 0 Å². The quantitative estimate of drug-likeness (QED) is 0.638. The molecule has 0 spiro atoms. The molecule has 0 fully saturated rings. The summed E-state index contributed by atoms with van der Waals surface area (Å²) in [7, 11) is 0. The highest BCUT2D eigenvalue weighted by atomic mass is 19.4. The van der Waals surface area contributed by atoms with Crippen molar-refractivity contribution in [1.29, 1.82) is 0 Å². The second-order valence-electron chi connectivity index (χ2n) is 5.64. The van der Waals surface area contributed by atoms with Gasteiger partial charge < -0.3 is 4.74 Å². The topological polar surface area (TPSA) is 38.3 Å². The standard InChI is InChI=1S/C15H15F4NO2/c16-11-5-4-10-12-8(2-1-3-9(11)12)6-7-20-13(10)22-14(21)15(17,18)19/h4-5,8,13,20H,1-3,6-7H2. The van der Waals surface area contributed by atoms with Crippen LogP contribution in [-0.4, -0.2) is 18.7 Å². The van der Waals surface area contributed by atoms with Crippen molar-refractivity contribution in [2.24, 2.45) is 0 Å². The summed E-state index contributed by atoms with van der Waals surface area (Å²) >= 11 is 0. The average molecular weight is 317 g/mol. The molecule has 3 nitrogen and oxygen atoms in total. The van der Waals surface area contributed by atoms with Crippen molar-refractivity contribution in [2.75, 3.05) is 6.54 Å². The molecule has 1 aromatic carbocycles. The zero-order valence-electron chi connectivity index (χ0n) is 11.7. The molecule has 7 heteroatoms. The van der Waals surface area contributed by atoms with Crippen LogP contribution in [0, 0.1) is 5.82 Å². The molecule has 0 amide bonds. The van der Waals surface area contributed by atoms with Gasteiger partial charge in [0.15, 0.2) is 6.23 Å². The molecule has 2 unspecified atom stereocenters. The predicted molar refractivity (Wildman–Crippen MR) is 69.6 cm³/mol. The number of esters is 1. The van der Waals surface area contributed by atoms with Gasteiger partial charge in [0.05, 0.1) is 0 Å². The van der Waals surface area contributed by atoms with Crippen molar-refractivity contribution in [1.82, 2.24) is 5.32 Å². The Hall–Kier alpha value is -1.63. The summed E-state index contributed by atoms with van der Waals surface area (Å²) in [6.45, 7) is 0.413. The van der Waals surface area contributed by atoms with Crippen molar-refractivity contribution in [3.63, 3.8) is 0 Å². The molecule has 0 saturated carbocycles. The number of nitrogens with one attached hydrogen (secondary N) is 1. The number of carbonyl (C=O) groups is 1. The lowest BCUT2D eigenvalue weighted by atomic mass is 9.79. The minimum atomic E-state index is -5.05. The Morgan fingerprint density at radius 1 is 1.27 bits per heavy atom. The molecule has 1 aliphatic carbocycles. The summed E-state index contributed by atoms with van der Waals surface area (Å²) in [5.74, 6) is -2.49. The first-order valence-electron chi connectivity index (χ1n) is 7.20. The summed E-state index contributed by atoms with van der Waals surface area (Å²) in [5, 5.41) is 2.81. The zero-order chi connectivity index (χ0) is 15.9. The van der Waals surface area contributed by atoms with Crippen LogP contribution < -0.4 is 5.32 Å². The number of rotatable bonds is 1. The molecule has 2 atom stereocenters. The van der Waals surface area contributed by atoms with E-state index in [2.05, 4.69) is 10.1 Å². The van der Waals surface area contributed by atoms with Gasteiger partial charge in [0.25, 0.3) is 0 Å². The van der Waals surface area contributed by atoms with Crippen molar-refractivity contribution in [2.45, 2.75) is 44.0 Å². The second-order valence-corrected chi connectivity index (χ2v) is 5.64. The predicted octanol–water partition coefficient (Wildman–Crippen LogP) is 3.34. The number of halogens is 4. The summed E-state index contributed by atoms with van der Waals surface area (Å²) in [5.41, 5.74) is 1.71. The number of carbonyl (C=O) groups excluding carboxylic acids is 1. The van der Waals surface area contributed by atoms with Crippen molar-refractivity contribution in [3.05, 3.63) is 34.6 Å². The van der Waals surface area contributed by atoms with Crippen LogP contribution in [0.4, 0.5) is 17.6 Å². The van der Waals surface area contributed by atoms with Gasteiger partial charge in [-0.05, 0) is 55.3 Å². The van der Waals surface area contributed by atoms with Gasteiger partial charge in [0.2, 0.25) is 0 Å². The molecular weight excluding hydrogens is 302 g/mol. The Morgan fingerprint density at radius 3 is 2.77 bits per heavy atom. The molecule has 1 aromatic rings. The lowest BCUT2D eigenvalue weighted by Gasteiger charge is -2.27. The van der Waals surface area contributed by atoms with E-state index in [0.717, 1.165) is 18.4 Å². The van der Waals surface area contributed by atoms with Crippen LogP contribution in [0.3, 0.4) is 0 Å². The maximum absolute atomic E-state index is 14.0. The van der Waals surface area contributed by atoms with Crippen molar-refractivity contribution < 1.29 is 27.1 Å². The lowest BCUT2D eigenvalue weighted by Crippen LogP contribution is -2.33. The molecule has 22 heavy (non-hydrogen) atoms.